The van der Waals surface area contributed by atoms with Crippen LogP contribution < -0.4 is 4.74 Å². The molecule has 11 nitrogen and oxygen atoms in total. The van der Waals surface area contributed by atoms with E-state index in [4.69, 9.17) is 11.6 Å². The van der Waals surface area contributed by atoms with Crippen molar-refractivity contribution < 1.29 is 27.5 Å². The van der Waals surface area contributed by atoms with Crippen molar-refractivity contribution in [3.8, 4) is 23.1 Å². The first-order valence-electron chi connectivity index (χ1n) is 12.4. The highest BCUT2D eigenvalue weighted by Crippen LogP contribution is 2.29. The molecule has 1 amide bonds. The van der Waals surface area contributed by atoms with Crippen LogP contribution in [0.3, 0.4) is 0 Å². The summed E-state index contributed by atoms with van der Waals surface area (Å²) >= 11 is 5.97. The average molecular weight is 587 g/mol. The number of ether oxygens (including phenoxy) is 1. The number of benzene rings is 1. The van der Waals surface area contributed by atoms with Gasteiger partial charge in [-0.2, -0.15) is 23.5 Å². The van der Waals surface area contributed by atoms with Crippen LogP contribution in [-0.2, 0) is 4.79 Å². The zero-order valence-electron chi connectivity index (χ0n) is 21.3. The predicted molar refractivity (Wildman–Crippen MR) is 140 cm³/mol. The van der Waals surface area contributed by atoms with E-state index in [9.17, 15) is 28.0 Å². The number of carbonyl (C=O) groups excluding carboxylic acids is 2. The lowest BCUT2D eigenvalue weighted by molar-refractivity contribution is -0.189. The highest BCUT2D eigenvalue weighted by atomic mass is 35.5. The lowest BCUT2D eigenvalue weighted by Crippen LogP contribution is -2.50. The van der Waals surface area contributed by atoms with Gasteiger partial charge in [0, 0.05) is 61.6 Å². The van der Waals surface area contributed by atoms with Crippen LogP contribution in [0.5, 0.6) is 5.75 Å². The second-order valence-corrected chi connectivity index (χ2v) is 9.72. The molecule has 1 atom stereocenters. The Hall–Kier alpha value is -4.48. The number of fused-ring (bicyclic) bond motifs is 1. The lowest BCUT2D eigenvalue weighted by atomic mass is 10.1. The van der Waals surface area contributed by atoms with E-state index in [-0.39, 0.29) is 29.0 Å². The standard InChI is InChI=1S/C26H22ClF3N8O3/c27-20-11-16(1-2-21(20)41-25(40)26(28,29)30)24(39)37-9-7-36(8-10-37)14-18(3-5-31)38-13-17(12-35-38)22-19-4-6-32-23(19)34-15-33-22/h1-2,4,6,11-13,15,18H,3,7-10,14H2,(H,32,33,34). The van der Waals surface area contributed by atoms with Crippen LogP contribution in [0.25, 0.3) is 22.3 Å². The van der Waals surface area contributed by atoms with Gasteiger partial charge in [0.25, 0.3) is 5.91 Å². The van der Waals surface area contributed by atoms with Gasteiger partial charge in [-0.25, -0.2) is 14.8 Å². The molecule has 1 unspecified atom stereocenters. The number of aromatic amines is 1. The number of H-pyrrole nitrogens is 1. The molecule has 1 fully saturated rings. The average Bonchev–Trinajstić information content (AvgIpc) is 3.63. The molecule has 212 valence electrons. The fraction of sp³-hybridized carbons (Fsp3) is 0.308. The van der Waals surface area contributed by atoms with Crippen LogP contribution in [0.15, 0.2) is 49.2 Å². The van der Waals surface area contributed by atoms with Crippen molar-refractivity contribution >= 4 is 34.5 Å². The molecular formula is C26H22ClF3N8O3. The minimum Gasteiger partial charge on any atom is -0.418 e. The van der Waals surface area contributed by atoms with Crippen molar-refractivity contribution in [3.63, 3.8) is 0 Å². The number of carbonyl (C=O) groups is 2. The number of amides is 1. The number of esters is 1. The summed E-state index contributed by atoms with van der Waals surface area (Å²) in [6.07, 6.45) is 1.88. The molecule has 1 saturated heterocycles. The number of halogens is 4. The Labute approximate surface area is 236 Å². The van der Waals surface area contributed by atoms with Crippen LogP contribution in [0.1, 0.15) is 22.8 Å². The Bertz CT molecular complexity index is 1620. The zero-order valence-corrected chi connectivity index (χ0v) is 22.1. The summed E-state index contributed by atoms with van der Waals surface area (Å²) in [6.45, 7) is 2.37. The topological polar surface area (TPSA) is 133 Å². The number of hydrogen-bond acceptors (Lipinski definition) is 8. The minimum atomic E-state index is -5.17. The number of nitrogens with one attached hydrogen (secondary N) is 1. The van der Waals surface area contributed by atoms with Gasteiger partial charge in [-0.15, -0.1) is 0 Å². The third-order valence-corrected chi connectivity index (χ3v) is 6.97. The summed E-state index contributed by atoms with van der Waals surface area (Å²) in [5, 5.41) is 14.5. The number of nitriles is 1. The Kier molecular flexibility index (Phi) is 7.91. The molecule has 4 aromatic rings. The Morgan fingerprint density at radius 1 is 1.17 bits per heavy atom. The smallest absolute Gasteiger partial charge is 0.418 e. The molecule has 15 heteroatoms. The first-order valence-corrected chi connectivity index (χ1v) is 12.8. The number of piperazine rings is 1. The maximum Gasteiger partial charge on any atom is 0.491 e. The molecule has 4 heterocycles. The van der Waals surface area contributed by atoms with E-state index in [0.717, 1.165) is 22.7 Å². The Morgan fingerprint density at radius 2 is 1.95 bits per heavy atom. The summed E-state index contributed by atoms with van der Waals surface area (Å²) in [7, 11) is 0. The van der Waals surface area contributed by atoms with Crippen LogP contribution in [0, 0.1) is 11.3 Å². The number of hydrogen-bond donors (Lipinski definition) is 1. The normalized spacial score (nSPS) is 15.0. The van der Waals surface area contributed by atoms with Crippen molar-refractivity contribution in [3.05, 3.63) is 59.8 Å². The highest BCUT2D eigenvalue weighted by molar-refractivity contribution is 6.32. The molecule has 1 aliphatic heterocycles. The predicted octanol–water partition coefficient (Wildman–Crippen LogP) is 3.86. The Morgan fingerprint density at radius 3 is 2.66 bits per heavy atom. The summed E-state index contributed by atoms with van der Waals surface area (Å²) in [5.74, 6) is -3.24. The zero-order chi connectivity index (χ0) is 29.1. The SMILES string of the molecule is N#CCC(CN1CCN(C(=O)c2ccc(OC(=O)C(F)(F)F)c(Cl)c2)CC1)n1cc(-c2ncnc3[nH]ccc23)cn1. The largest absolute Gasteiger partial charge is 0.491 e. The molecular weight excluding hydrogens is 565 g/mol. The van der Waals surface area contributed by atoms with Crippen molar-refractivity contribution in [2.24, 2.45) is 0 Å². The molecule has 1 aliphatic rings. The molecule has 1 N–H and O–H groups in total. The third-order valence-electron chi connectivity index (χ3n) is 6.67. The third kappa shape index (κ3) is 6.16. The van der Waals surface area contributed by atoms with Gasteiger partial charge in [-0.3, -0.25) is 14.4 Å². The van der Waals surface area contributed by atoms with Crippen molar-refractivity contribution in [2.45, 2.75) is 18.6 Å². The van der Waals surface area contributed by atoms with Crippen LogP contribution in [0.2, 0.25) is 5.02 Å². The molecule has 3 aromatic heterocycles. The quantitative estimate of drug-likeness (QED) is 0.255. The summed E-state index contributed by atoms with van der Waals surface area (Å²) in [6, 6.07) is 7.37. The van der Waals surface area contributed by atoms with Crippen LogP contribution in [0.4, 0.5) is 13.2 Å². The summed E-state index contributed by atoms with van der Waals surface area (Å²) < 4.78 is 43.4. The number of aromatic nitrogens is 5. The van der Waals surface area contributed by atoms with E-state index in [1.807, 2.05) is 12.3 Å². The van der Waals surface area contributed by atoms with Gasteiger partial charge in [0.2, 0.25) is 0 Å². The second-order valence-electron chi connectivity index (χ2n) is 9.31. The van der Waals surface area contributed by atoms with E-state index >= 15 is 0 Å². The van der Waals surface area contributed by atoms with Gasteiger partial charge in [-0.1, -0.05) is 11.6 Å². The first kappa shape index (κ1) is 28.1. The summed E-state index contributed by atoms with van der Waals surface area (Å²) in [4.78, 5) is 39.5. The fourth-order valence-corrected chi connectivity index (χ4v) is 4.82. The molecule has 5 rings (SSSR count). The van der Waals surface area contributed by atoms with E-state index in [2.05, 4.69) is 35.8 Å². The van der Waals surface area contributed by atoms with E-state index in [0.29, 0.717) is 38.4 Å². The molecule has 0 spiro atoms. The van der Waals surface area contributed by atoms with Gasteiger partial charge in [0.05, 0.1) is 35.4 Å². The van der Waals surface area contributed by atoms with Gasteiger partial charge in [0.15, 0.2) is 0 Å². The molecule has 0 saturated carbocycles. The monoisotopic (exact) mass is 586 g/mol. The highest BCUT2D eigenvalue weighted by Gasteiger charge is 2.41. The number of nitrogens with zero attached hydrogens (tertiary/aromatic N) is 7. The molecule has 41 heavy (non-hydrogen) atoms. The van der Waals surface area contributed by atoms with Gasteiger partial charge in [0.1, 0.15) is 17.7 Å². The lowest BCUT2D eigenvalue weighted by Gasteiger charge is -2.36. The Balaban J connectivity index is 1.20. The molecule has 1 aromatic carbocycles. The van der Waals surface area contributed by atoms with E-state index in [1.165, 1.54) is 18.5 Å². The van der Waals surface area contributed by atoms with Gasteiger partial charge < -0.3 is 14.6 Å². The minimum absolute atomic E-state index is 0.155. The first-order chi connectivity index (χ1) is 19.6. The van der Waals surface area contributed by atoms with E-state index in [1.54, 1.807) is 22.0 Å². The van der Waals surface area contributed by atoms with Gasteiger partial charge in [-0.05, 0) is 24.3 Å². The van der Waals surface area contributed by atoms with Crippen LogP contribution >= 0.6 is 11.6 Å². The molecule has 0 radical (unpaired) electrons. The number of rotatable bonds is 7. The van der Waals surface area contributed by atoms with E-state index < -0.39 is 17.9 Å². The van der Waals surface area contributed by atoms with Gasteiger partial charge >= 0.3 is 12.1 Å². The molecule has 0 bridgehead atoms. The maximum atomic E-state index is 13.0. The fourth-order valence-electron chi connectivity index (χ4n) is 4.60. The maximum absolute atomic E-state index is 13.0. The summed E-state index contributed by atoms with van der Waals surface area (Å²) in [5.41, 5.74) is 2.40. The second kappa shape index (κ2) is 11.6. The molecule has 0 aliphatic carbocycles. The number of alkyl halides is 3. The van der Waals surface area contributed by atoms with Crippen LogP contribution in [-0.4, -0.2) is 85.3 Å². The van der Waals surface area contributed by atoms with Crippen molar-refractivity contribution in [2.75, 3.05) is 32.7 Å². The van der Waals surface area contributed by atoms with Crippen molar-refractivity contribution in [1.82, 2.24) is 34.5 Å². The van der Waals surface area contributed by atoms with Crippen molar-refractivity contribution in [1.29, 1.82) is 5.26 Å².